The van der Waals surface area contributed by atoms with Crippen LogP contribution in [0, 0.1) is 0 Å². The number of fused-ring (bicyclic) bond motifs is 1. The lowest BCUT2D eigenvalue weighted by Crippen LogP contribution is -2.32. The summed E-state index contributed by atoms with van der Waals surface area (Å²) >= 11 is 1.66. The predicted molar refractivity (Wildman–Crippen MR) is 78.8 cm³/mol. The largest absolute Gasteiger partial charge is 0.396 e. The monoisotopic (exact) mass is 281 g/mol. The van der Waals surface area contributed by atoms with Gasteiger partial charge in [0.25, 0.3) is 5.91 Å². The molecule has 0 aliphatic heterocycles. The third-order valence-corrected chi connectivity index (χ3v) is 4.88. The molecule has 4 heteroatoms. The van der Waals surface area contributed by atoms with Gasteiger partial charge in [0.2, 0.25) is 0 Å². The molecule has 0 aromatic carbocycles. The molecule has 106 valence electrons. The molecule has 2 rings (SSSR count). The third-order valence-electron chi connectivity index (χ3n) is 3.64. The van der Waals surface area contributed by atoms with Crippen LogP contribution in [0.1, 0.15) is 59.1 Å². The molecule has 1 atom stereocenters. The topological polar surface area (TPSA) is 49.3 Å². The van der Waals surface area contributed by atoms with Crippen LogP contribution in [0.2, 0.25) is 0 Å². The summed E-state index contributed by atoms with van der Waals surface area (Å²) < 4.78 is 0. The Balaban J connectivity index is 1.96. The van der Waals surface area contributed by atoms with E-state index in [1.54, 1.807) is 11.3 Å². The van der Waals surface area contributed by atoms with Crippen molar-refractivity contribution in [2.75, 3.05) is 6.61 Å². The molecule has 19 heavy (non-hydrogen) atoms. The van der Waals surface area contributed by atoms with Gasteiger partial charge in [0, 0.05) is 17.5 Å². The van der Waals surface area contributed by atoms with Crippen LogP contribution in [0.5, 0.6) is 0 Å². The number of carbonyl (C=O) groups is 1. The van der Waals surface area contributed by atoms with Crippen molar-refractivity contribution in [3.63, 3.8) is 0 Å². The van der Waals surface area contributed by atoms with Gasteiger partial charge in [-0.2, -0.15) is 0 Å². The Morgan fingerprint density at radius 2 is 2.21 bits per heavy atom. The minimum atomic E-state index is 0.0449. The Hall–Kier alpha value is -0.870. The van der Waals surface area contributed by atoms with E-state index in [0.717, 1.165) is 30.6 Å². The third kappa shape index (κ3) is 4.05. The van der Waals surface area contributed by atoms with Gasteiger partial charge in [0.15, 0.2) is 0 Å². The molecule has 0 spiro atoms. The van der Waals surface area contributed by atoms with Gasteiger partial charge in [0.05, 0.1) is 4.88 Å². The van der Waals surface area contributed by atoms with Crippen molar-refractivity contribution in [1.29, 1.82) is 0 Å². The van der Waals surface area contributed by atoms with E-state index in [2.05, 4.69) is 11.4 Å². The highest BCUT2D eigenvalue weighted by atomic mass is 32.1. The number of aliphatic hydroxyl groups excluding tert-OH is 1. The number of carbonyl (C=O) groups excluding carboxylic acids is 1. The number of thiophene rings is 1. The Morgan fingerprint density at radius 1 is 1.42 bits per heavy atom. The highest BCUT2D eigenvalue weighted by molar-refractivity contribution is 7.14. The molecule has 1 aromatic rings. The number of aryl methyl sites for hydroxylation is 2. The van der Waals surface area contributed by atoms with E-state index in [1.807, 2.05) is 6.92 Å². The van der Waals surface area contributed by atoms with E-state index in [1.165, 1.54) is 29.7 Å². The fourth-order valence-corrected chi connectivity index (χ4v) is 3.70. The van der Waals surface area contributed by atoms with Crippen LogP contribution in [0.15, 0.2) is 6.07 Å². The second-order valence-electron chi connectivity index (χ2n) is 5.36. The van der Waals surface area contributed by atoms with Crippen molar-refractivity contribution in [2.45, 2.75) is 57.9 Å². The zero-order chi connectivity index (χ0) is 13.7. The summed E-state index contributed by atoms with van der Waals surface area (Å²) in [7, 11) is 0. The summed E-state index contributed by atoms with van der Waals surface area (Å²) in [6, 6.07) is 2.21. The second-order valence-corrected chi connectivity index (χ2v) is 6.50. The number of hydrogen-bond acceptors (Lipinski definition) is 3. The lowest BCUT2D eigenvalue weighted by atomic mass is 10.1. The van der Waals surface area contributed by atoms with E-state index in [4.69, 9.17) is 5.11 Å². The van der Waals surface area contributed by atoms with Crippen molar-refractivity contribution in [1.82, 2.24) is 5.32 Å². The van der Waals surface area contributed by atoms with Crippen LogP contribution in [0.25, 0.3) is 0 Å². The maximum absolute atomic E-state index is 12.2. The fourth-order valence-electron chi connectivity index (χ4n) is 2.54. The molecule has 0 fully saturated rings. The van der Waals surface area contributed by atoms with Crippen molar-refractivity contribution in [3.8, 4) is 0 Å². The number of amides is 1. The average Bonchev–Trinajstić information content (AvgIpc) is 2.68. The predicted octanol–water partition coefficient (Wildman–Crippen LogP) is 2.91. The van der Waals surface area contributed by atoms with Crippen molar-refractivity contribution in [2.24, 2.45) is 0 Å². The summed E-state index contributed by atoms with van der Waals surface area (Å²) in [6.45, 7) is 2.18. The number of hydrogen-bond donors (Lipinski definition) is 2. The minimum Gasteiger partial charge on any atom is -0.396 e. The maximum atomic E-state index is 12.2. The Labute approximate surface area is 119 Å². The lowest BCUT2D eigenvalue weighted by Gasteiger charge is -2.12. The van der Waals surface area contributed by atoms with Crippen LogP contribution >= 0.6 is 11.3 Å². The molecular formula is C15H23NO2S. The van der Waals surface area contributed by atoms with Gasteiger partial charge in [0.1, 0.15) is 0 Å². The van der Waals surface area contributed by atoms with E-state index >= 15 is 0 Å². The summed E-state index contributed by atoms with van der Waals surface area (Å²) in [6.07, 6.45) is 7.63. The molecular weight excluding hydrogens is 258 g/mol. The fraction of sp³-hybridized carbons (Fsp3) is 0.667. The molecule has 1 heterocycles. The summed E-state index contributed by atoms with van der Waals surface area (Å²) in [4.78, 5) is 14.4. The molecule has 0 saturated carbocycles. The molecule has 0 saturated heterocycles. The Bertz CT molecular complexity index is 404. The van der Waals surface area contributed by atoms with E-state index in [0.29, 0.717) is 0 Å². The van der Waals surface area contributed by atoms with E-state index in [-0.39, 0.29) is 18.6 Å². The standard InChI is InChI=1S/C15H23NO2S/c1-11(6-5-9-17)16-15(18)14-10-12-7-3-2-4-8-13(12)19-14/h10-11,17H,2-9H2,1H3,(H,16,18). The molecule has 2 N–H and O–H groups in total. The number of nitrogens with one attached hydrogen (secondary N) is 1. The SMILES string of the molecule is CC(CCCO)NC(=O)c1cc2c(s1)CCCCC2. The first-order chi connectivity index (χ1) is 9.20. The molecule has 1 unspecified atom stereocenters. The first kappa shape index (κ1) is 14.5. The molecule has 0 bridgehead atoms. The van der Waals surface area contributed by atoms with Crippen LogP contribution in [0.4, 0.5) is 0 Å². The zero-order valence-corrected chi connectivity index (χ0v) is 12.4. The second kappa shape index (κ2) is 7.06. The van der Waals surface area contributed by atoms with Crippen molar-refractivity contribution >= 4 is 17.2 Å². The van der Waals surface area contributed by atoms with Gasteiger partial charge < -0.3 is 10.4 Å². The smallest absolute Gasteiger partial charge is 0.261 e. The first-order valence-corrected chi connectivity index (χ1v) is 8.05. The van der Waals surface area contributed by atoms with Crippen molar-refractivity contribution < 1.29 is 9.90 Å². The number of aliphatic hydroxyl groups is 1. The van der Waals surface area contributed by atoms with Crippen LogP contribution in [-0.4, -0.2) is 23.7 Å². The van der Waals surface area contributed by atoms with Gasteiger partial charge >= 0.3 is 0 Å². The normalized spacial score (nSPS) is 16.5. The first-order valence-electron chi connectivity index (χ1n) is 7.24. The van der Waals surface area contributed by atoms with Gasteiger partial charge in [-0.1, -0.05) is 6.42 Å². The van der Waals surface area contributed by atoms with Gasteiger partial charge in [-0.25, -0.2) is 0 Å². The van der Waals surface area contributed by atoms with Gasteiger partial charge in [-0.3, -0.25) is 4.79 Å². The summed E-state index contributed by atoms with van der Waals surface area (Å²) in [5.41, 5.74) is 1.38. The van der Waals surface area contributed by atoms with Crippen molar-refractivity contribution in [3.05, 3.63) is 21.4 Å². The minimum absolute atomic E-state index is 0.0449. The van der Waals surface area contributed by atoms with Gasteiger partial charge in [-0.05, 0) is 57.1 Å². The highest BCUT2D eigenvalue weighted by Crippen LogP contribution is 2.28. The molecule has 1 amide bonds. The number of rotatable bonds is 5. The summed E-state index contributed by atoms with van der Waals surface area (Å²) in [5, 5.41) is 11.8. The van der Waals surface area contributed by atoms with Crippen LogP contribution < -0.4 is 5.32 Å². The zero-order valence-electron chi connectivity index (χ0n) is 11.6. The molecule has 1 aromatic heterocycles. The quantitative estimate of drug-likeness (QED) is 0.815. The van der Waals surface area contributed by atoms with E-state index < -0.39 is 0 Å². The lowest BCUT2D eigenvalue weighted by molar-refractivity contribution is 0.0940. The molecule has 3 nitrogen and oxygen atoms in total. The van der Waals surface area contributed by atoms with Crippen LogP contribution in [-0.2, 0) is 12.8 Å². The Kier molecular flexibility index (Phi) is 5.40. The van der Waals surface area contributed by atoms with E-state index in [9.17, 15) is 4.79 Å². The summed E-state index contributed by atoms with van der Waals surface area (Å²) in [5.74, 6) is 0.0449. The molecule has 0 radical (unpaired) electrons. The maximum Gasteiger partial charge on any atom is 0.261 e. The average molecular weight is 281 g/mol. The Morgan fingerprint density at radius 3 is 3.00 bits per heavy atom. The molecule has 1 aliphatic rings. The highest BCUT2D eigenvalue weighted by Gasteiger charge is 2.17. The van der Waals surface area contributed by atoms with Gasteiger partial charge in [-0.15, -0.1) is 11.3 Å². The van der Waals surface area contributed by atoms with Crippen LogP contribution in [0.3, 0.4) is 0 Å². The molecule has 1 aliphatic carbocycles.